The van der Waals surface area contributed by atoms with Crippen LogP contribution in [0.4, 0.5) is 5.69 Å². The Labute approximate surface area is 203 Å². The maximum Gasteiger partial charge on any atom is 0.253 e. The first kappa shape index (κ1) is 22.6. The number of hydrogen-bond donors (Lipinski definition) is 1. The van der Waals surface area contributed by atoms with Crippen LogP contribution in [0.25, 0.3) is 10.9 Å². The number of likely N-dealkylation sites (tertiary alicyclic amines) is 1. The number of carbonyl (C=O) groups excluding carboxylic acids is 3. The van der Waals surface area contributed by atoms with Gasteiger partial charge in [-0.15, -0.1) is 0 Å². The molecule has 34 heavy (non-hydrogen) atoms. The van der Waals surface area contributed by atoms with Crippen LogP contribution in [0, 0.1) is 5.92 Å². The van der Waals surface area contributed by atoms with E-state index in [0.29, 0.717) is 34.7 Å². The minimum absolute atomic E-state index is 0.0894. The van der Waals surface area contributed by atoms with Crippen LogP contribution in [-0.4, -0.2) is 60.7 Å². The van der Waals surface area contributed by atoms with Crippen molar-refractivity contribution >= 4 is 45.7 Å². The molecule has 3 aromatic rings. The first-order valence-corrected chi connectivity index (χ1v) is 11.8. The van der Waals surface area contributed by atoms with Gasteiger partial charge in [-0.1, -0.05) is 41.9 Å². The number of benzene rings is 2. The predicted octanol–water partition coefficient (Wildman–Crippen LogP) is 3.53. The van der Waals surface area contributed by atoms with Crippen molar-refractivity contribution in [1.82, 2.24) is 14.8 Å². The van der Waals surface area contributed by atoms with Crippen molar-refractivity contribution < 1.29 is 14.4 Å². The van der Waals surface area contributed by atoms with E-state index in [9.17, 15) is 14.4 Å². The van der Waals surface area contributed by atoms with E-state index in [0.717, 1.165) is 26.1 Å². The Balaban J connectivity index is 1.38. The fourth-order valence-electron chi connectivity index (χ4n) is 5.29. The average molecular weight is 479 g/mol. The number of ketones is 2. The quantitative estimate of drug-likeness (QED) is 0.549. The Morgan fingerprint density at radius 2 is 1.91 bits per heavy atom. The van der Waals surface area contributed by atoms with E-state index in [1.807, 2.05) is 32.3 Å². The summed E-state index contributed by atoms with van der Waals surface area (Å²) >= 11 is 6.53. The van der Waals surface area contributed by atoms with Gasteiger partial charge >= 0.3 is 0 Å². The molecule has 5 rings (SSSR count). The van der Waals surface area contributed by atoms with Crippen molar-refractivity contribution in [3.63, 3.8) is 0 Å². The summed E-state index contributed by atoms with van der Waals surface area (Å²) in [5.41, 5.74) is 3.12. The van der Waals surface area contributed by atoms with Crippen LogP contribution >= 0.6 is 11.6 Å². The smallest absolute Gasteiger partial charge is 0.253 e. The number of nitrogens with one attached hydrogen (secondary N) is 1. The van der Waals surface area contributed by atoms with Gasteiger partial charge in [0.1, 0.15) is 5.69 Å². The molecule has 1 atom stereocenters. The number of aryl methyl sites for hydroxylation is 1. The molecule has 1 saturated heterocycles. The molecule has 1 aromatic heterocycles. The van der Waals surface area contributed by atoms with Gasteiger partial charge in [-0.3, -0.25) is 19.3 Å². The number of aromatic nitrogens is 1. The average Bonchev–Trinajstić information content (AvgIpc) is 3.36. The van der Waals surface area contributed by atoms with Crippen LogP contribution in [0.3, 0.4) is 0 Å². The Morgan fingerprint density at radius 1 is 1.18 bits per heavy atom. The predicted molar refractivity (Wildman–Crippen MR) is 133 cm³/mol. The van der Waals surface area contributed by atoms with E-state index in [1.54, 1.807) is 22.6 Å². The second kappa shape index (κ2) is 8.56. The lowest BCUT2D eigenvalue weighted by molar-refractivity contribution is 0.0810. The van der Waals surface area contributed by atoms with Crippen LogP contribution in [0.2, 0.25) is 5.02 Å². The standard InChI is InChI=1S/C26H27ClN4O3/c1-29(2)22-20-18-11-17(27)19(21(20)24(32)25(33)23(22)30(18)3)26(34)28-12-16-9-10-31(14-16)13-15-7-5-4-6-8-15/h4-8,11,16H,9-10,12-14H2,1-3H3,(H,28,34)/t16-/m0/s1. The summed E-state index contributed by atoms with van der Waals surface area (Å²) < 4.78 is 1.69. The number of amides is 1. The summed E-state index contributed by atoms with van der Waals surface area (Å²) in [5.74, 6) is -1.40. The number of anilines is 1. The van der Waals surface area contributed by atoms with Crippen molar-refractivity contribution in [3.05, 3.63) is 63.8 Å². The molecule has 0 spiro atoms. The molecule has 1 aliphatic heterocycles. The molecule has 176 valence electrons. The molecule has 8 heteroatoms. The van der Waals surface area contributed by atoms with E-state index in [4.69, 9.17) is 11.6 Å². The number of carbonyl (C=O) groups is 3. The normalized spacial score (nSPS) is 17.7. The minimum Gasteiger partial charge on any atom is -0.375 e. The Hall–Kier alpha value is -3.16. The SMILES string of the molecule is CN(C)c1c2n(C)c3cc(Cl)c(C(=O)NC[C@@H]4CCN(Cc5ccccc5)C4)c(c13)C(=O)C2=O. The van der Waals surface area contributed by atoms with Crippen molar-refractivity contribution in [2.45, 2.75) is 13.0 Å². The third kappa shape index (κ3) is 3.60. The lowest BCUT2D eigenvalue weighted by Crippen LogP contribution is -2.33. The summed E-state index contributed by atoms with van der Waals surface area (Å²) in [7, 11) is 5.38. The topological polar surface area (TPSA) is 74.7 Å². The number of halogens is 1. The van der Waals surface area contributed by atoms with Crippen LogP contribution in [-0.2, 0) is 13.6 Å². The molecule has 0 radical (unpaired) electrons. The summed E-state index contributed by atoms with van der Waals surface area (Å²) in [6, 6.07) is 12.0. The first-order chi connectivity index (χ1) is 16.3. The zero-order valence-electron chi connectivity index (χ0n) is 19.5. The molecular weight excluding hydrogens is 452 g/mol. The first-order valence-electron chi connectivity index (χ1n) is 11.4. The van der Waals surface area contributed by atoms with Crippen LogP contribution < -0.4 is 10.2 Å². The van der Waals surface area contributed by atoms with Gasteiger partial charge in [0.15, 0.2) is 0 Å². The monoisotopic (exact) mass is 478 g/mol. The van der Waals surface area contributed by atoms with Crippen molar-refractivity contribution in [2.75, 3.05) is 38.6 Å². The summed E-state index contributed by atoms with van der Waals surface area (Å²) in [5, 5.41) is 3.77. The van der Waals surface area contributed by atoms with E-state index >= 15 is 0 Å². The second-order valence-corrected chi connectivity index (χ2v) is 9.80. The van der Waals surface area contributed by atoms with Crippen molar-refractivity contribution in [1.29, 1.82) is 0 Å². The Kier molecular flexibility index (Phi) is 5.70. The number of Topliss-reactive ketones (excluding diaryl/α,β-unsaturated/α-hetero) is 2. The highest BCUT2D eigenvalue weighted by atomic mass is 35.5. The highest BCUT2D eigenvalue weighted by Gasteiger charge is 2.40. The van der Waals surface area contributed by atoms with Gasteiger partial charge in [0, 0.05) is 46.2 Å². The molecule has 2 aromatic carbocycles. The lowest BCUT2D eigenvalue weighted by atomic mass is 9.90. The Morgan fingerprint density at radius 3 is 2.62 bits per heavy atom. The molecule has 0 unspecified atom stereocenters. The largest absolute Gasteiger partial charge is 0.375 e. The second-order valence-electron chi connectivity index (χ2n) is 9.40. The summed E-state index contributed by atoms with van der Waals surface area (Å²) in [6.07, 6.45) is 0.983. The number of rotatable bonds is 6. The molecule has 0 saturated carbocycles. The van der Waals surface area contributed by atoms with Gasteiger partial charge in [-0.2, -0.15) is 0 Å². The van der Waals surface area contributed by atoms with E-state index < -0.39 is 17.5 Å². The Bertz CT molecular complexity index is 1330. The molecule has 2 bridgehead atoms. The molecule has 1 N–H and O–H groups in total. The minimum atomic E-state index is -0.677. The van der Waals surface area contributed by atoms with Gasteiger partial charge in [0.25, 0.3) is 11.7 Å². The summed E-state index contributed by atoms with van der Waals surface area (Å²) in [4.78, 5) is 43.5. The fraction of sp³-hybridized carbons (Fsp3) is 0.346. The molecule has 2 aliphatic rings. The van der Waals surface area contributed by atoms with Crippen molar-refractivity contribution in [3.8, 4) is 0 Å². The van der Waals surface area contributed by atoms with Gasteiger partial charge in [-0.05, 0) is 30.5 Å². The molecular formula is C26H27ClN4O3. The van der Waals surface area contributed by atoms with E-state index in [-0.39, 0.29) is 16.1 Å². The zero-order chi connectivity index (χ0) is 24.1. The summed E-state index contributed by atoms with van der Waals surface area (Å²) in [6.45, 7) is 3.23. The number of fused-ring (bicyclic) bond motifs is 1. The lowest BCUT2D eigenvalue weighted by Gasteiger charge is -2.21. The number of hydrogen-bond acceptors (Lipinski definition) is 5. The highest BCUT2D eigenvalue weighted by molar-refractivity contribution is 6.57. The van der Waals surface area contributed by atoms with E-state index in [2.05, 4.69) is 22.3 Å². The molecule has 2 heterocycles. The van der Waals surface area contributed by atoms with Crippen LogP contribution in [0.1, 0.15) is 43.2 Å². The molecule has 1 aliphatic carbocycles. The van der Waals surface area contributed by atoms with Gasteiger partial charge in [-0.25, -0.2) is 0 Å². The third-order valence-corrected chi connectivity index (χ3v) is 7.21. The molecule has 7 nitrogen and oxygen atoms in total. The van der Waals surface area contributed by atoms with E-state index in [1.165, 1.54) is 5.56 Å². The van der Waals surface area contributed by atoms with Crippen molar-refractivity contribution in [2.24, 2.45) is 13.0 Å². The maximum absolute atomic E-state index is 13.3. The fourth-order valence-corrected chi connectivity index (χ4v) is 5.58. The molecule has 1 amide bonds. The maximum atomic E-state index is 13.3. The molecule has 1 fully saturated rings. The number of nitrogens with zero attached hydrogens (tertiary/aromatic N) is 3. The van der Waals surface area contributed by atoms with Gasteiger partial charge < -0.3 is 14.8 Å². The zero-order valence-corrected chi connectivity index (χ0v) is 20.3. The highest BCUT2D eigenvalue weighted by Crippen LogP contribution is 2.43. The van der Waals surface area contributed by atoms with Gasteiger partial charge in [0.2, 0.25) is 5.78 Å². The van der Waals surface area contributed by atoms with Gasteiger partial charge in [0.05, 0.1) is 27.4 Å². The third-order valence-electron chi connectivity index (χ3n) is 6.91. The van der Waals surface area contributed by atoms with Crippen LogP contribution in [0.5, 0.6) is 0 Å². The van der Waals surface area contributed by atoms with Crippen LogP contribution in [0.15, 0.2) is 36.4 Å².